The van der Waals surface area contributed by atoms with Gasteiger partial charge in [-0.3, -0.25) is 0 Å². The van der Waals surface area contributed by atoms with Crippen molar-refractivity contribution in [2.24, 2.45) is 0 Å². The fraction of sp³-hybridized carbons (Fsp3) is 0.158. The van der Waals surface area contributed by atoms with E-state index in [1.54, 1.807) is 10.9 Å². The highest BCUT2D eigenvalue weighted by Crippen LogP contribution is 2.26. The molecule has 2 aromatic heterocycles. The summed E-state index contributed by atoms with van der Waals surface area (Å²) in [6.45, 7) is 4.16. The number of tetrazole rings is 1. The Hall–Kier alpha value is -2.93. The second-order valence-corrected chi connectivity index (χ2v) is 6.86. The predicted octanol–water partition coefficient (Wildman–Crippen LogP) is 4.23. The normalized spacial score (nSPS) is 11.0. The number of hydrogen-bond donors (Lipinski definition) is 0. The molecule has 0 N–H and O–H groups in total. The molecule has 0 aliphatic rings. The third-order valence-electron chi connectivity index (χ3n) is 4.11. The van der Waals surface area contributed by atoms with Gasteiger partial charge < -0.3 is 4.42 Å². The van der Waals surface area contributed by atoms with Crippen LogP contribution in [0.3, 0.4) is 0 Å². The first-order valence-electron chi connectivity index (χ1n) is 8.19. The van der Waals surface area contributed by atoms with E-state index in [4.69, 9.17) is 4.42 Å². The molecule has 0 saturated carbocycles. The van der Waals surface area contributed by atoms with Gasteiger partial charge in [-0.1, -0.05) is 48.2 Å². The highest BCUT2D eigenvalue weighted by Gasteiger charge is 2.12. The topological polar surface area (TPSA) is 69.6 Å². The van der Waals surface area contributed by atoms with Crippen LogP contribution >= 0.6 is 11.8 Å². The maximum absolute atomic E-state index is 5.84. The van der Waals surface area contributed by atoms with E-state index >= 15 is 0 Å². The lowest BCUT2D eigenvalue weighted by Gasteiger charge is -2.06. The summed E-state index contributed by atoms with van der Waals surface area (Å²) in [4.78, 5) is 4.35. The molecule has 2 aromatic carbocycles. The Balaban J connectivity index is 1.50. The zero-order valence-corrected chi connectivity index (χ0v) is 15.3. The van der Waals surface area contributed by atoms with Crippen molar-refractivity contribution in [3.05, 3.63) is 71.7 Å². The third kappa shape index (κ3) is 3.39. The highest BCUT2D eigenvalue weighted by atomic mass is 32.2. The van der Waals surface area contributed by atoms with E-state index in [0.717, 1.165) is 17.0 Å². The molecule has 2 heterocycles. The summed E-state index contributed by atoms with van der Waals surface area (Å²) >= 11 is 1.49. The maximum Gasteiger partial charge on any atom is 0.214 e. The highest BCUT2D eigenvalue weighted by molar-refractivity contribution is 7.98. The summed E-state index contributed by atoms with van der Waals surface area (Å²) in [7, 11) is 0. The van der Waals surface area contributed by atoms with Crippen molar-refractivity contribution in [1.29, 1.82) is 0 Å². The van der Waals surface area contributed by atoms with Gasteiger partial charge >= 0.3 is 0 Å². The SMILES string of the molecule is Cc1ccc(-n2nnnc2SCc2ncc(-c3ccccc3)o2)cc1C. The minimum absolute atomic E-state index is 0.554. The Morgan fingerprint density at radius 2 is 1.88 bits per heavy atom. The number of oxazole rings is 1. The molecule has 7 heteroatoms. The van der Waals surface area contributed by atoms with Crippen LogP contribution in [-0.2, 0) is 5.75 Å². The molecule has 0 unspecified atom stereocenters. The van der Waals surface area contributed by atoms with Gasteiger partial charge in [-0.25, -0.2) is 4.98 Å². The van der Waals surface area contributed by atoms with E-state index in [1.165, 1.54) is 22.9 Å². The molecule has 0 aliphatic carbocycles. The lowest BCUT2D eigenvalue weighted by molar-refractivity contribution is 0.529. The number of hydrogen-bond acceptors (Lipinski definition) is 6. The molecule has 6 nitrogen and oxygen atoms in total. The second kappa shape index (κ2) is 7.13. The molecule has 0 atom stereocenters. The van der Waals surface area contributed by atoms with Crippen LogP contribution in [0.25, 0.3) is 17.0 Å². The minimum atomic E-state index is 0.554. The van der Waals surface area contributed by atoms with Gasteiger partial charge in [0, 0.05) is 5.56 Å². The molecule has 0 spiro atoms. The van der Waals surface area contributed by atoms with Gasteiger partial charge in [0.1, 0.15) is 0 Å². The molecule has 130 valence electrons. The smallest absolute Gasteiger partial charge is 0.214 e. The van der Waals surface area contributed by atoms with Gasteiger partial charge in [0.25, 0.3) is 0 Å². The minimum Gasteiger partial charge on any atom is -0.440 e. The molecule has 0 fully saturated rings. The van der Waals surface area contributed by atoms with Crippen LogP contribution in [0.5, 0.6) is 0 Å². The van der Waals surface area contributed by atoms with Crippen molar-refractivity contribution in [1.82, 2.24) is 25.2 Å². The van der Waals surface area contributed by atoms with Crippen LogP contribution in [0.15, 0.2) is 64.3 Å². The lowest BCUT2D eigenvalue weighted by atomic mass is 10.1. The molecular weight excluding hydrogens is 346 g/mol. The zero-order chi connectivity index (χ0) is 17.9. The monoisotopic (exact) mass is 363 g/mol. The first-order chi connectivity index (χ1) is 12.7. The van der Waals surface area contributed by atoms with Crippen molar-refractivity contribution in [3.8, 4) is 17.0 Å². The van der Waals surface area contributed by atoms with Crippen molar-refractivity contribution in [2.45, 2.75) is 24.8 Å². The second-order valence-electron chi connectivity index (χ2n) is 5.91. The molecule has 0 bridgehead atoms. The van der Waals surface area contributed by atoms with Gasteiger partial charge in [0.05, 0.1) is 17.6 Å². The molecule has 4 rings (SSSR count). The van der Waals surface area contributed by atoms with Crippen LogP contribution in [0.1, 0.15) is 17.0 Å². The van der Waals surface area contributed by atoms with E-state index in [0.29, 0.717) is 16.8 Å². The summed E-state index contributed by atoms with van der Waals surface area (Å²) in [6.07, 6.45) is 1.75. The number of aryl methyl sites for hydroxylation is 2. The Bertz CT molecular complexity index is 1030. The predicted molar refractivity (Wildman–Crippen MR) is 100 cm³/mol. The van der Waals surface area contributed by atoms with Gasteiger partial charge in [-0.05, 0) is 47.5 Å². The zero-order valence-electron chi connectivity index (χ0n) is 14.5. The molecule has 0 saturated heterocycles. The molecule has 0 radical (unpaired) electrons. The van der Waals surface area contributed by atoms with Crippen LogP contribution in [-0.4, -0.2) is 25.2 Å². The lowest BCUT2D eigenvalue weighted by Crippen LogP contribution is -2.00. The quantitative estimate of drug-likeness (QED) is 0.494. The Kier molecular flexibility index (Phi) is 4.53. The van der Waals surface area contributed by atoms with E-state index < -0.39 is 0 Å². The average molecular weight is 363 g/mol. The fourth-order valence-corrected chi connectivity index (χ4v) is 3.27. The molecule has 4 aromatic rings. The number of aromatic nitrogens is 5. The molecule has 26 heavy (non-hydrogen) atoms. The summed E-state index contributed by atoms with van der Waals surface area (Å²) in [5, 5.41) is 12.7. The largest absolute Gasteiger partial charge is 0.440 e. The standard InChI is InChI=1S/C19H17N5OS/c1-13-8-9-16(10-14(13)2)24-19(21-22-23-24)26-12-18-20-11-17(25-18)15-6-4-3-5-7-15/h3-11H,12H2,1-2H3. The van der Waals surface area contributed by atoms with E-state index in [9.17, 15) is 0 Å². The summed E-state index contributed by atoms with van der Waals surface area (Å²) in [5.74, 6) is 1.95. The number of benzene rings is 2. The third-order valence-corrected chi connectivity index (χ3v) is 5.02. The number of nitrogens with zero attached hydrogens (tertiary/aromatic N) is 5. The van der Waals surface area contributed by atoms with Gasteiger partial charge in [0.2, 0.25) is 11.0 Å². The Morgan fingerprint density at radius 1 is 1.04 bits per heavy atom. The van der Waals surface area contributed by atoms with E-state index in [2.05, 4.69) is 46.5 Å². The molecule has 0 amide bonds. The molecular formula is C19H17N5OS. The van der Waals surface area contributed by atoms with Crippen molar-refractivity contribution >= 4 is 11.8 Å². The van der Waals surface area contributed by atoms with Crippen LogP contribution < -0.4 is 0 Å². The Morgan fingerprint density at radius 3 is 2.69 bits per heavy atom. The first-order valence-corrected chi connectivity index (χ1v) is 9.18. The summed E-state index contributed by atoms with van der Waals surface area (Å²) < 4.78 is 7.57. The van der Waals surface area contributed by atoms with E-state index in [1.807, 2.05) is 36.4 Å². The maximum atomic E-state index is 5.84. The molecule has 0 aliphatic heterocycles. The summed E-state index contributed by atoms with van der Waals surface area (Å²) in [6, 6.07) is 16.1. The number of rotatable bonds is 5. The van der Waals surface area contributed by atoms with Crippen molar-refractivity contribution in [3.63, 3.8) is 0 Å². The van der Waals surface area contributed by atoms with Crippen LogP contribution in [0.4, 0.5) is 0 Å². The summed E-state index contributed by atoms with van der Waals surface area (Å²) in [5.41, 5.74) is 4.40. The fourth-order valence-electron chi connectivity index (χ4n) is 2.53. The first kappa shape index (κ1) is 16.5. The van der Waals surface area contributed by atoms with Crippen LogP contribution in [0.2, 0.25) is 0 Å². The van der Waals surface area contributed by atoms with Crippen molar-refractivity contribution < 1.29 is 4.42 Å². The van der Waals surface area contributed by atoms with E-state index in [-0.39, 0.29) is 0 Å². The number of thioether (sulfide) groups is 1. The Labute approximate surface area is 155 Å². The average Bonchev–Trinajstić information content (AvgIpc) is 3.32. The van der Waals surface area contributed by atoms with Crippen LogP contribution in [0, 0.1) is 13.8 Å². The van der Waals surface area contributed by atoms with Gasteiger partial charge in [-0.2, -0.15) is 4.68 Å². The van der Waals surface area contributed by atoms with Gasteiger partial charge in [-0.15, -0.1) is 5.10 Å². The van der Waals surface area contributed by atoms with Crippen molar-refractivity contribution in [2.75, 3.05) is 0 Å². The van der Waals surface area contributed by atoms with Gasteiger partial charge in [0.15, 0.2) is 5.76 Å².